The normalized spacial score (nSPS) is 13.0. The van der Waals surface area contributed by atoms with Crippen LogP contribution in [-0.2, 0) is 20.8 Å². The number of Topliss-reactive ketones (excluding diaryl/α,β-unsaturated/α-hetero) is 1. The fourth-order valence-electron chi connectivity index (χ4n) is 3.44. The molecule has 0 aromatic heterocycles. The predicted molar refractivity (Wildman–Crippen MR) is 132 cm³/mol. The molecule has 2 rings (SSSR count). The van der Waals surface area contributed by atoms with E-state index < -0.39 is 46.9 Å². The van der Waals surface area contributed by atoms with Gasteiger partial charge >= 0.3 is 0 Å². The van der Waals surface area contributed by atoms with Crippen LogP contribution in [-0.4, -0.2) is 41.1 Å². The van der Waals surface area contributed by atoms with Crippen LogP contribution in [0.3, 0.4) is 0 Å². The molecule has 0 aliphatic heterocycles. The Bertz CT molecular complexity index is 1030. The summed E-state index contributed by atoms with van der Waals surface area (Å²) in [5.74, 6) is -3.12. The summed E-state index contributed by atoms with van der Waals surface area (Å²) in [7, 11) is 0. The SMILES string of the molecule is CC(C)CC(NC(=O)c1ccc(F)cc1)C(=O)NC(Cc1ccccc1)C(=O)C(=O)NC(C)(C)C. The third-order valence-corrected chi connectivity index (χ3v) is 5.06. The number of rotatable bonds is 10. The molecule has 188 valence electrons. The molecule has 2 aromatic carbocycles. The number of carbonyl (C=O) groups excluding carboxylic acids is 4. The standard InChI is InChI=1S/C27H34FN3O4/c1-17(2)15-22(30-24(33)19-11-13-20(28)14-12-19)25(34)29-21(16-18-9-7-6-8-10-18)23(32)26(35)31-27(3,4)5/h6-14,17,21-22H,15-16H2,1-5H3,(H,29,34)(H,30,33)(H,31,35). The number of hydrogen-bond donors (Lipinski definition) is 3. The van der Waals surface area contributed by atoms with Crippen LogP contribution >= 0.6 is 0 Å². The zero-order valence-electron chi connectivity index (χ0n) is 20.9. The van der Waals surface area contributed by atoms with Gasteiger partial charge < -0.3 is 16.0 Å². The highest BCUT2D eigenvalue weighted by Gasteiger charge is 2.32. The summed E-state index contributed by atoms with van der Waals surface area (Å²) < 4.78 is 13.2. The van der Waals surface area contributed by atoms with Crippen molar-refractivity contribution in [1.29, 1.82) is 0 Å². The Balaban J connectivity index is 2.24. The van der Waals surface area contributed by atoms with Crippen LogP contribution in [0.2, 0.25) is 0 Å². The van der Waals surface area contributed by atoms with E-state index in [0.29, 0.717) is 6.42 Å². The average molecular weight is 484 g/mol. The fraction of sp³-hybridized carbons (Fsp3) is 0.407. The van der Waals surface area contributed by atoms with Gasteiger partial charge in [0.2, 0.25) is 11.7 Å². The van der Waals surface area contributed by atoms with E-state index in [1.165, 1.54) is 12.1 Å². The first kappa shape index (κ1) is 27.7. The monoisotopic (exact) mass is 483 g/mol. The molecule has 0 aliphatic rings. The van der Waals surface area contributed by atoms with Gasteiger partial charge in [0.1, 0.15) is 17.9 Å². The van der Waals surface area contributed by atoms with Gasteiger partial charge in [0.05, 0.1) is 0 Å². The van der Waals surface area contributed by atoms with Crippen LogP contribution in [0.25, 0.3) is 0 Å². The van der Waals surface area contributed by atoms with Gasteiger partial charge in [0.15, 0.2) is 0 Å². The van der Waals surface area contributed by atoms with E-state index in [9.17, 15) is 23.6 Å². The molecule has 7 nitrogen and oxygen atoms in total. The molecule has 0 aliphatic carbocycles. The van der Waals surface area contributed by atoms with Gasteiger partial charge in [-0.1, -0.05) is 44.2 Å². The Kier molecular flexibility index (Phi) is 9.68. The highest BCUT2D eigenvalue weighted by atomic mass is 19.1. The van der Waals surface area contributed by atoms with E-state index in [1.54, 1.807) is 45.0 Å². The van der Waals surface area contributed by atoms with E-state index in [2.05, 4.69) is 16.0 Å². The van der Waals surface area contributed by atoms with Crippen molar-refractivity contribution in [3.8, 4) is 0 Å². The van der Waals surface area contributed by atoms with Gasteiger partial charge in [0, 0.05) is 17.5 Å². The number of ketones is 1. The van der Waals surface area contributed by atoms with Crippen molar-refractivity contribution in [2.75, 3.05) is 0 Å². The minimum atomic E-state index is -1.12. The number of halogens is 1. The van der Waals surface area contributed by atoms with E-state index in [4.69, 9.17) is 0 Å². The third-order valence-electron chi connectivity index (χ3n) is 5.06. The highest BCUT2D eigenvalue weighted by Crippen LogP contribution is 2.11. The quantitative estimate of drug-likeness (QED) is 0.452. The molecule has 3 amide bonds. The molecule has 0 heterocycles. The summed E-state index contributed by atoms with van der Waals surface area (Å²) in [6, 6.07) is 11.9. The lowest BCUT2D eigenvalue weighted by Crippen LogP contribution is -2.56. The summed E-state index contributed by atoms with van der Waals surface area (Å²) in [6.45, 7) is 9.06. The zero-order valence-corrected chi connectivity index (χ0v) is 20.9. The highest BCUT2D eigenvalue weighted by molar-refractivity contribution is 6.38. The molecule has 35 heavy (non-hydrogen) atoms. The maximum atomic E-state index is 13.2. The summed E-state index contributed by atoms with van der Waals surface area (Å²) in [4.78, 5) is 51.6. The predicted octanol–water partition coefficient (Wildman–Crippen LogP) is 3.18. The Morgan fingerprint density at radius 1 is 0.857 bits per heavy atom. The Hall–Kier alpha value is -3.55. The van der Waals surface area contributed by atoms with Crippen molar-refractivity contribution in [3.05, 3.63) is 71.5 Å². The van der Waals surface area contributed by atoms with Crippen LogP contribution in [0.4, 0.5) is 4.39 Å². The molecule has 2 atom stereocenters. The summed E-state index contributed by atoms with van der Waals surface area (Å²) in [5, 5.41) is 7.99. The minimum absolute atomic E-state index is 0.0479. The lowest BCUT2D eigenvalue weighted by molar-refractivity contribution is -0.141. The van der Waals surface area contributed by atoms with Gasteiger partial charge in [-0.2, -0.15) is 0 Å². The van der Waals surface area contributed by atoms with Crippen LogP contribution in [0, 0.1) is 11.7 Å². The molecule has 2 unspecified atom stereocenters. The molecule has 2 aromatic rings. The fourth-order valence-corrected chi connectivity index (χ4v) is 3.44. The van der Waals surface area contributed by atoms with E-state index in [1.807, 2.05) is 19.9 Å². The Morgan fingerprint density at radius 3 is 2.00 bits per heavy atom. The van der Waals surface area contributed by atoms with Crippen LogP contribution in [0.1, 0.15) is 57.0 Å². The van der Waals surface area contributed by atoms with Crippen molar-refractivity contribution in [3.63, 3.8) is 0 Å². The Labute approximate surface area is 205 Å². The van der Waals surface area contributed by atoms with Gasteiger partial charge in [0.25, 0.3) is 11.8 Å². The third kappa shape index (κ3) is 9.31. The van der Waals surface area contributed by atoms with Crippen LogP contribution in [0.5, 0.6) is 0 Å². The maximum Gasteiger partial charge on any atom is 0.290 e. The molecule has 8 heteroatoms. The van der Waals surface area contributed by atoms with Crippen LogP contribution in [0.15, 0.2) is 54.6 Å². The van der Waals surface area contributed by atoms with Gasteiger partial charge in [-0.3, -0.25) is 19.2 Å². The molecule has 0 spiro atoms. The second kappa shape index (κ2) is 12.2. The number of benzene rings is 2. The minimum Gasteiger partial charge on any atom is -0.345 e. The van der Waals surface area contributed by atoms with Crippen molar-refractivity contribution in [2.24, 2.45) is 5.92 Å². The largest absolute Gasteiger partial charge is 0.345 e. The van der Waals surface area contributed by atoms with Crippen molar-refractivity contribution >= 4 is 23.5 Å². The van der Waals surface area contributed by atoms with Crippen LogP contribution < -0.4 is 16.0 Å². The first-order valence-electron chi connectivity index (χ1n) is 11.6. The summed E-state index contributed by atoms with van der Waals surface area (Å²) in [6.07, 6.45) is 0.419. The van der Waals surface area contributed by atoms with Crippen molar-refractivity contribution in [1.82, 2.24) is 16.0 Å². The van der Waals surface area contributed by atoms with E-state index >= 15 is 0 Å². The van der Waals surface area contributed by atoms with Crippen molar-refractivity contribution < 1.29 is 23.6 Å². The first-order valence-corrected chi connectivity index (χ1v) is 11.6. The Morgan fingerprint density at radius 2 is 1.46 bits per heavy atom. The second-order valence-electron chi connectivity index (χ2n) is 9.98. The second-order valence-corrected chi connectivity index (χ2v) is 9.98. The lowest BCUT2D eigenvalue weighted by Gasteiger charge is -2.25. The summed E-state index contributed by atoms with van der Waals surface area (Å²) >= 11 is 0. The molecule has 0 fully saturated rings. The smallest absolute Gasteiger partial charge is 0.290 e. The molecule has 0 bridgehead atoms. The first-order chi connectivity index (χ1) is 16.4. The molecule has 0 saturated heterocycles. The molecule has 3 N–H and O–H groups in total. The average Bonchev–Trinajstić information content (AvgIpc) is 2.77. The number of amides is 3. The van der Waals surface area contributed by atoms with Gasteiger partial charge in [-0.15, -0.1) is 0 Å². The van der Waals surface area contributed by atoms with E-state index in [-0.39, 0.29) is 17.9 Å². The molecular weight excluding hydrogens is 449 g/mol. The van der Waals surface area contributed by atoms with Crippen molar-refractivity contribution in [2.45, 2.75) is 65.1 Å². The summed E-state index contributed by atoms with van der Waals surface area (Å²) in [5.41, 5.74) is 0.345. The van der Waals surface area contributed by atoms with Gasteiger partial charge in [-0.25, -0.2) is 4.39 Å². The van der Waals surface area contributed by atoms with Gasteiger partial charge in [-0.05, 0) is 62.9 Å². The number of carbonyl (C=O) groups is 4. The molecule has 0 radical (unpaired) electrons. The zero-order chi connectivity index (χ0) is 26.2. The number of nitrogens with one attached hydrogen (secondary N) is 3. The van der Waals surface area contributed by atoms with E-state index in [0.717, 1.165) is 17.7 Å². The molecule has 0 saturated carbocycles. The topological polar surface area (TPSA) is 104 Å². The lowest BCUT2D eigenvalue weighted by atomic mass is 9.98. The molecular formula is C27H34FN3O4. The maximum absolute atomic E-state index is 13.2. The number of hydrogen-bond acceptors (Lipinski definition) is 4.